The summed E-state index contributed by atoms with van der Waals surface area (Å²) in [5.74, 6) is 0. The number of aromatic amines is 1. The van der Waals surface area contributed by atoms with Crippen molar-refractivity contribution in [2.75, 3.05) is 0 Å². The van der Waals surface area contributed by atoms with E-state index in [2.05, 4.69) is 34.6 Å². The zero-order chi connectivity index (χ0) is 14.2. The van der Waals surface area contributed by atoms with Crippen LogP contribution < -0.4 is 5.32 Å². The van der Waals surface area contributed by atoms with Crippen LogP contribution in [0.4, 0.5) is 0 Å². The van der Waals surface area contributed by atoms with E-state index in [1.165, 1.54) is 41.4 Å². The van der Waals surface area contributed by atoms with E-state index in [9.17, 15) is 5.11 Å². The highest BCUT2D eigenvalue weighted by Crippen LogP contribution is 2.35. The van der Waals surface area contributed by atoms with Crippen molar-refractivity contribution in [3.05, 3.63) is 35.5 Å². The molecule has 0 aliphatic heterocycles. The van der Waals surface area contributed by atoms with Gasteiger partial charge in [0.25, 0.3) is 0 Å². The second-order valence-corrected chi connectivity index (χ2v) is 6.68. The molecule has 1 fully saturated rings. The molecule has 4 rings (SSSR count). The van der Waals surface area contributed by atoms with E-state index in [4.69, 9.17) is 0 Å². The van der Waals surface area contributed by atoms with Gasteiger partial charge in [-0.05, 0) is 56.6 Å². The number of nitrogens with one attached hydrogen (secondary N) is 2. The number of aliphatic hydroxyl groups excluding tert-OH is 1. The Balaban J connectivity index is 1.58. The fraction of sp³-hybridized carbons (Fsp3) is 0.556. The van der Waals surface area contributed by atoms with Crippen LogP contribution in [0.5, 0.6) is 0 Å². The molecule has 0 saturated heterocycles. The predicted molar refractivity (Wildman–Crippen MR) is 85.4 cm³/mol. The summed E-state index contributed by atoms with van der Waals surface area (Å²) in [5, 5.41) is 14.9. The number of H-pyrrole nitrogens is 1. The molecule has 2 aromatic rings. The lowest BCUT2D eigenvalue weighted by Gasteiger charge is -2.32. The molecule has 2 aliphatic rings. The van der Waals surface area contributed by atoms with Crippen molar-refractivity contribution in [2.24, 2.45) is 0 Å². The number of benzene rings is 1. The van der Waals surface area contributed by atoms with Crippen LogP contribution in [0.2, 0.25) is 0 Å². The van der Waals surface area contributed by atoms with Crippen LogP contribution in [-0.2, 0) is 6.42 Å². The van der Waals surface area contributed by atoms with Gasteiger partial charge in [0.05, 0.1) is 6.10 Å². The van der Waals surface area contributed by atoms with Crippen LogP contribution in [0.1, 0.15) is 55.8 Å². The number of aryl methyl sites for hydroxylation is 1. The van der Waals surface area contributed by atoms with Crippen LogP contribution in [-0.4, -0.2) is 22.2 Å². The number of fused-ring (bicyclic) bond motifs is 3. The Morgan fingerprint density at radius 1 is 1.05 bits per heavy atom. The Kier molecular flexibility index (Phi) is 3.48. The van der Waals surface area contributed by atoms with Gasteiger partial charge in [0.2, 0.25) is 0 Å². The van der Waals surface area contributed by atoms with Crippen molar-refractivity contribution >= 4 is 10.9 Å². The number of aliphatic hydroxyl groups is 1. The fourth-order valence-electron chi connectivity index (χ4n) is 4.11. The fourth-order valence-corrected chi connectivity index (χ4v) is 4.11. The smallest absolute Gasteiger partial charge is 0.0541 e. The molecule has 0 bridgehead atoms. The van der Waals surface area contributed by atoms with E-state index in [1.54, 1.807) is 0 Å². The molecule has 21 heavy (non-hydrogen) atoms. The standard InChI is InChI=1S/C18H24N2O/c21-13-10-8-12(9-11-13)19-17-7-3-5-15-14-4-1-2-6-16(14)20-18(15)17/h1-2,4,6,12-13,17,19-21H,3,5,7-11H2. The lowest BCUT2D eigenvalue weighted by Crippen LogP contribution is -2.38. The minimum absolute atomic E-state index is 0.0713. The minimum atomic E-state index is -0.0713. The summed E-state index contributed by atoms with van der Waals surface area (Å²) in [7, 11) is 0. The Labute approximate surface area is 125 Å². The zero-order valence-electron chi connectivity index (χ0n) is 12.4. The summed E-state index contributed by atoms with van der Waals surface area (Å²) < 4.78 is 0. The summed E-state index contributed by atoms with van der Waals surface area (Å²) >= 11 is 0. The van der Waals surface area contributed by atoms with Gasteiger partial charge in [-0.2, -0.15) is 0 Å². The normalized spacial score (nSPS) is 29.5. The van der Waals surface area contributed by atoms with Gasteiger partial charge in [-0.3, -0.25) is 0 Å². The molecule has 0 radical (unpaired) electrons. The van der Waals surface area contributed by atoms with Crippen molar-refractivity contribution in [1.29, 1.82) is 0 Å². The summed E-state index contributed by atoms with van der Waals surface area (Å²) in [6.07, 6.45) is 7.72. The third kappa shape index (κ3) is 2.49. The molecule has 1 heterocycles. The molecular formula is C18H24N2O. The van der Waals surface area contributed by atoms with Gasteiger partial charge in [-0.1, -0.05) is 18.2 Å². The summed E-state index contributed by atoms with van der Waals surface area (Å²) in [5.41, 5.74) is 4.20. The van der Waals surface area contributed by atoms with E-state index in [0.29, 0.717) is 12.1 Å². The van der Waals surface area contributed by atoms with Gasteiger partial charge in [0.1, 0.15) is 0 Å². The SMILES string of the molecule is OC1CCC(NC2CCCc3c2[nH]c2ccccc32)CC1. The molecule has 0 amide bonds. The highest BCUT2D eigenvalue weighted by molar-refractivity contribution is 5.85. The number of para-hydroxylation sites is 1. The minimum Gasteiger partial charge on any atom is -0.393 e. The largest absolute Gasteiger partial charge is 0.393 e. The maximum absolute atomic E-state index is 9.65. The molecular weight excluding hydrogens is 260 g/mol. The number of hydrogen-bond donors (Lipinski definition) is 3. The number of rotatable bonds is 2. The van der Waals surface area contributed by atoms with Crippen molar-refractivity contribution in [3.63, 3.8) is 0 Å². The van der Waals surface area contributed by atoms with E-state index in [-0.39, 0.29) is 6.10 Å². The van der Waals surface area contributed by atoms with E-state index >= 15 is 0 Å². The Hall–Kier alpha value is -1.32. The van der Waals surface area contributed by atoms with Crippen LogP contribution in [0.15, 0.2) is 24.3 Å². The predicted octanol–water partition coefficient (Wildman–Crippen LogP) is 3.44. The molecule has 3 heteroatoms. The Bertz CT molecular complexity index is 625. The first kappa shape index (κ1) is 13.4. The first-order valence-corrected chi connectivity index (χ1v) is 8.35. The molecule has 3 nitrogen and oxygen atoms in total. The topological polar surface area (TPSA) is 48.0 Å². The molecule has 1 unspecified atom stereocenters. The van der Waals surface area contributed by atoms with E-state index in [0.717, 1.165) is 25.7 Å². The quantitative estimate of drug-likeness (QED) is 0.791. The second kappa shape index (κ2) is 5.47. The van der Waals surface area contributed by atoms with Crippen molar-refractivity contribution in [2.45, 2.75) is 63.1 Å². The molecule has 3 N–H and O–H groups in total. The molecule has 0 spiro atoms. The van der Waals surface area contributed by atoms with Gasteiger partial charge in [-0.15, -0.1) is 0 Å². The Morgan fingerprint density at radius 2 is 1.86 bits per heavy atom. The maximum Gasteiger partial charge on any atom is 0.0541 e. The number of hydrogen-bond acceptors (Lipinski definition) is 2. The molecule has 1 atom stereocenters. The second-order valence-electron chi connectivity index (χ2n) is 6.68. The summed E-state index contributed by atoms with van der Waals surface area (Å²) in [6.45, 7) is 0. The highest BCUT2D eigenvalue weighted by Gasteiger charge is 2.27. The van der Waals surface area contributed by atoms with Crippen LogP contribution in [0.3, 0.4) is 0 Å². The zero-order valence-corrected chi connectivity index (χ0v) is 12.4. The first-order chi connectivity index (χ1) is 10.3. The van der Waals surface area contributed by atoms with Crippen LogP contribution in [0.25, 0.3) is 10.9 Å². The summed E-state index contributed by atoms with van der Waals surface area (Å²) in [6, 6.07) is 9.69. The van der Waals surface area contributed by atoms with Gasteiger partial charge in [0.15, 0.2) is 0 Å². The van der Waals surface area contributed by atoms with Gasteiger partial charge < -0.3 is 15.4 Å². The lowest BCUT2D eigenvalue weighted by molar-refractivity contribution is 0.113. The van der Waals surface area contributed by atoms with Crippen molar-refractivity contribution in [3.8, 4) is 0 Å². The van der Waals surface area contributed by atoms with Crippen molar-refractivity contribution in [1.82, 2.24) is 10.3 Å². The molecule has 2 aliphatic carbocycles. The third-order valence-corrected chi connectivity index (χ3v) is 5.25. The first-order valence-electron chi connectivity index (χ1n) is 8.35. The molecule has 112 valence electrons. The van der Waals surface area contributed by atoms with E-state index in [1.807, 2.05) is 0 Å². The lowest BCUT2D eigenvalue weighted by atomic mass is 9.88. The average Bonchev–Trinajstić information content (AvgIpc) is 2.89. The third-order valence-electron chi connectivity index (χ3n) is 5.25. The van der Waals surface area contributed by atoms with Gasteiger partial charge >= 0.3 is 0 Å². The van der Waals surface area contributed by atoms with Gasteiger partial charge in [0, 0.05) is 28.7 Å². The number of aromatic nitrogens is 1. The average molecular weight is 284 g/mol. The van der Waals surface area contributed by atoms with Crippen LogP contribution in [0, 0.1) is 0 Å². The highest BCUT2D eigenvalue weighted by atomic mass is 16.3. The van der Waals surface area contributed by atoms with Crippen LogP contribution >= 0.6 is 0 Å². The molecule has 1 aromatic carbocycles. The van der Waals surface area contributed by atoms with Gasteiger partial charge in [-0.25, -0.2) is 0 Å². The maximum atomic E-state index is 9.65. The molecule has 1 saturated carbocycles. The Morgan fingerprint density at radius 3 is 2.71 bits per heavy atom. The van der Waals surface area contributed by atoms with Crippen molar-refractivity contribution < 1.29 is 5.11 Å². The monoisotopic (exact) mass is 284 g/mol. The van der Waals surface area contributed by atoms with E-state index < -0.39 is 0 Å². The summed E-state index contributed by atoms with van der Waals surface area (Å²) in [4.78, 5) is 3.65. The molecule has 1 aromatic heterocycles.